The Morgan fingerprint density at radius 3 is 2.32 bits per heavy atom. The van der Waals surface area contributed by atoms with Crippen molar-refractivity contribution in [1.82, 2.24) is 0 Å². The van der Waals surface area contributed by atoms with Gasteiger partial charge in [0, 0.05) is 0 Å². The van der Waals surface area contributed by atoms with Crippen molar-refractivity contribution in [2.75, 3.05) is 7.11 Å². The van der Waals surface area contributed by atoms with Crippen LogP contribution in [0.2, 0.25) is 0 Å². The van der Waals surface area contributed by atoms with E-state index in [4.69, 9.17) is 14.2 Å². The molecule has 0 amide bonds. The number of carbonyl (C=O) groups excluding carboxylic acids is 1. The normalized spacial score (nSPS) is 25.8. The van der Waals surface area contributed by atoms with Gasteiger partial charge >= 0.3 is 5.97 Å². The molecule has 2 rings (SSSR count). The van der Waals surface area contributed by atoms with Gasteiger partial charge in [0.25, 0.3) is 0 Å². The molecule has 1 heterocycles. The van der Waals surface area contributed by atoms with Gasteiger partial charge in [0.2, 0.25) is 0 Å². The Kier molecular flexibility index (Phi) is 3.31. The van der Waals surface area contributed by atoms with Gasteiger partial charge in [-0.2, -0.15) is 0 Å². The molecule has 0 aromatic heterocycles. The van der Waals surface area contributed by atoms with Crippen LogP contribution in [0.25, 0.3) is 0 Å². The van der Waals surface area contributed by atoms with Crippen molar-refractivity contribution in [3.8, 4) is 5.75 Å². The average Bonchev–Trinajstić information content (AvgIpc) is 3.01. The predicted octanol–water partition coefficient (Wildman–Crippen LogP) is 2.65. The lowest BCUT2D eigenvalue weighted by molar-refractivity contribution is -0.156. The van der Waals surface area contributed by atoms with Crippen molar-refractivity contribution in [1.29, 1.82) is 0 Å². The molecule has 2 atom stereocenters. The monoisotopic (exact) mass is 264 g/mol. The molecule has 0 N–H and O–H groups in total. The van der Waals surface area contributed by atoms with Crippen LogP contribution >= 0.6 is 0 Å². The van der Waals surface area contributed by atoms with Gasteiger partial charge < -0.3 is 14.2 Å². The van der Waals surface area contributed by atoms with Gasteiger partial charge in [0.05, 0.1) is 7.11 Å². The van der Waals surface area contributed by atoms with Gasteiger partial charge in [-0.05, 0) is 45.4 Å². The second-order valence-corrected chi connectivity index (χ2v) is 5.87. The van der Waals surface area contributed by atoms with Crippen LogP contribution in [0.1, 0.15) is 33.3 Å². The van der Waals surface area contributed by atoms with Gasteiger partial charge in [-0.25, -0.2) is 4.79 Å². The van der Waals surface area contributed by atoms with E-state index in [2.05, 4.69) is 0 Å². The standard InChI is InChI=1S/C15H20O4/c1-14(2,3)19-13(16)12-15(4,18-12)10-6-8-11(17-5)9-7-10/h6-9,12H,1-5H3. The number of hydrogen-bond donors (Lipinski definition) is 0. The van der Waals surface area contributed by atoms with E-state index in [1.54, 1.807) is 7.11 Å². The third kappa shape index (κ3) is 2.89. The Morgan fingerprint density at radius 2 is 1.84 bits per heavy atom. The van der Waals surface area contributed by atoms with Crippen molar-refractivity contribution in [2.45, 2.75) is 45.0 Å². The lowest BCUT2D eigenvalue weighted by atomic mass is 9.97. The van der Waals surface area contributed by atoms with E-state index >= 15 is 0 Å². The van der Waals surface area contributed by atoms with Crippen LogP contribution in [-0.2, 0) is 19.9 Å². The quantitative estimate of drug-likeness (QED) is 0.622. The first-order valence-electron chi connectivity index (χ1n) is 6.31. The summed E-state index contributed by atoms with van der Waals surface area (Å²) >= 11 is 0. The van der Waals surface area contributed by atoms with Gasteiger partial charge in [-0.3, -0.25) is 0 Å². The Balaban J connectivity index is 2.08. The molecule has 104 valence electrons. The third-order valence-corrected chi connectivity index (χ3v) is 3.09. The van der Waals surface area contributed by atoms with Gasteiger partial charge in [-0.1, -0.05) is 12.1 Å². The number of ether oxygens (including phenoxy) is 3. The van der Waals surface area contributed by atoms with Crippen LogP contribution < -0.4 is 4.74 Å². The van der Waals surface area contributed by atoms with E-state index in [0.717, 1.165) is 11.3 Å². The first kappa shape index (κ1) is 13.9. The van der Waals surface area contributed by atoms with Crippen LogP contribution in [-0.4, -0.2) is 24.8 Å². The molecule has 1 aliphatic heterocycles. The van der Waals surface area contributed by atoms with Crippen LogP contribution in [0.3, 0.4) is 0 Å². The fraction of sp³-hybridized carbons (Fsp3) is 0.533. The summed E-state index contributed by atoms with van der Waals surface area (Å²) in [5.74, 6) is 0.465. The zero-order chi connectivity index (χ0) is 14.3. The Hall–Kier alpha value is -1.55. The van der Waals surface area contributed by atoms with E-state index in [-0.39, 0.29) is 5.97 Å². The summed E-state index contributed by atoms with van der Waals surface area (Å²) in [4.78, 5) is 12.0. The van der Waals surface area contributed by atoms with Crippen LogP contribution in [0.4, 0.5) is 0 Å². The fourth-order valence-electron chi connectivity index (χ4n) is 1.98. The molecule has 0 saturated carbocycles. The van der Waals surface area contributed by atoms with Crippen LogP contribution in [0.15, 0.2) is 24.3 Å². The van der Waals surface area contributed by atoms with Gasteiger partial charge in [0.15, 0.2) is 6.10 Å². The summed E-state index contributed by atoms with van der Waals surface area (Å²) in [7, 11) is 1.62. The number of hydrogen-bond acceptors (Lipinski definition) is 4. The molecule has 2 unspecified atom stereocenters. The molecule has 0 radical (unpaired) electrons. The molecule has 0 bridgehead atoms. The molecule has 1 saturated heterocycles. The summed E-state index contributed by atoms with van der Waals surface area (Å²) < 4.78 is 16.0. The van der Waals surface area contributed by atoms with E-state index in [1.807, 2.05) is 52.0 Å². The smallest absolute Gasteiger partial charge is 0.339 e. The summed E-state index contributed by atoms with van der Waals surface area (Å²) in [6, 6.07) is 7.52. The number of esters is 1. The van der Waals surface area contributed by atoms with Crippen molar-refractivity contribution in [3.63, 3.8) is 0 Å². The molecular weight excluding hydrogens is 244 g/mol. The average molecular weight is 264 g/mol. The van der Waals surface area contributed by atoms with E-state index in [9.17, 15) is 4.79 Å². The first-order chi connectivity index (χ1) is 8.76. The minimum Gasteiger partial charge on any atom is -0.497 e. The highest BCUT2D eigenvalue weighted by Gasteiger charge is 2.59. The fourth-order valence-corrected chi connectivity index (χ4v) is 1.98. The van der Waals surface area contributed by atoms with Crippen molar-refractivity contribution >= 4 is 5.97 Å². The Bertz CT molecular complexity index is 472. The zero-order valence-electron chi connectivity index (χ0n) is 12.0. The summed E-state index contributed by atoms with van der Waals surface area (Å²) in [5, 5.41) is 0. The lowest BCUT2D eigenvalue weighted by Gasteiger charge is -2.19. The van der Waals surface area contributed by atoms with Gasteiger partial charge in [0.1, 0.15) is 17.0 Å². The van der Waals surface area contributed by atoms with E-state index in [1.165, 1.54) is 0 Å². The minimum absolute atomic E-state index is 0.314. The number of epoxide rings is 1. The first-order valence-corrected chi connectivity index (χ1v) is 6.31. The van der Waals surface area contributed by atoms with Crippen molar-refractivity contribution in [2.24, 2.45) is 0 Å². The number of carbonyl (C=O) groups is 1. The van der Waals surface area contributed by atoms with E-state index in [0.29, 0.717) is 0 Å². The third-order valence-electron chi connectivity index (χ3n) is 3.09. The zero-order valence-corrected chi connectivity index (χ0v) is 12.0. The molecular formula is C15H20O4. The molecule has 1 aromatic carbocycles. The minimum atomic E-state index is -0.589. The highest BCUT2D eigenvalue weighted by molar-refractivity contribution is 5.80. The topological polar surface area (TPSA) is 48.1 Å². The molecule has 0 spiro atoms. The van der Waals surface area contributed by atoms with Gasteiger partial charge in [-0.15, -0.1) is 0 Å². The summed E-state index contributed by atoms with van der Waals surface area (Å²) in [6.45, 7) is 7.43. The molecule has 19 heavy (non-hydrogen) atoms. The maximum Gasteiger partial charge on any atom is 0.339 e. The van der Waals surface area contributed by atoms with Crippen LogP contribution in [0, 0.1) is 0 Å². The summed E-state index contributed by atoms with van der Waals surface area (Å²) in [6.07, 6.45) is -0.528. The summed E-state index contributed by atoms with van der Waals surface area (Å²) in [5.41, 5.74) is -0.137. The van der Waals surface area contributed by atoms with E-state index < -0.39 is 17.3 Å². The predicted molar refractivity (Wildman–Crippen MR) is 71.1 cm³/mol. The maximum atomic E-state index is 12.0. The molecule has 4 heteroatoms. The number of benzene rings is 1. The SMILES string of the molecule is COc1ccc(C2(C)OC2C(=O)OC(C)(C)C)cc1. The Morgan fingerprint density at radius 1 is 1.26 bits per heavy atom. The number of rotatable bonds is 3. The number of methoxy groups -OCH3 is 1. The second-order valence-electron chi connectivity index (χ2n) is 5.87. The molecule has 1 aliphatic rings. The highest BCUT2D eigenvalue weighted by Crippen LogP contribution is 2.47. The lowest BCUT2D eigenvalue weighted by Crippen LogP contribution is -2.28. The largest absolute Gasteiger partial charge is 0.497 e. The molecule has 0 aliphatic carbocycles. The highest BCUT2D eigenvalue weighted by atomic mass is 16.7. The van der Waals surface area contributed by atoms with Crippen molar-refractivity contribution in [3.05, 3.63) is 29.8 Å². The van der Waals surface area contributed by atoms with Crippen molar-refractivity contribution < 1.29 is 19.0 Å². The Labute approximate surface area is 113 Å². The maximum absolute atomic E-state index is 12.0. The molecule has 4 nitrogen and oxygen atoms in total. The second kappa shape index (κ2) is 4.53. The van der Waals surface area contributed by atoms with Crippen LogP contribution in [0.5, 0.6) is 5.75 Å². The molecule has 1 fully saturated rings. The molecule has 1 aromatic rings.